The Balaban J connectivity index is 2.04. The van der Waals surface area contributed by atoms with Crippen molar-refractivity contribution in [3.8, 4) is 0 Å². The highest BCUT2D eigenvalue weighted by atomic mass is 32.1. The molecule has 1 heterocycles. The Morgan fingerprint density at radius 3 is 2.04 bits per heavy atom. The van der Waals surface area contributed by atoms with Crippen molar-refractivity contribution in [2.45, 2.75) is 13.8 Å². The van der Waals surface area contributed by atoms with Crippen LogP contribution in [0, 0.1) is 0 Å². The minimum atomic E-state index is 0.0990. The molecule has 0 saturated heterocycles. The number of hydrazone groups is 2. The van der Waals surface area contributed by atoms with Crippen LogP contribution < -0.4 is 21.9 Å². The van der Waals surface area contributed by atoms with E-state index in [9.17, 15) is 0 Å². The number of hydrogen-bond donors (Lipinski definition) is 4. The summed E-state index contributed by atoms with van der Waals surface area (Å²) >= 11 is 9.96. The SMILES string of the molecule is C/C(=N\NC(N)=S)c1cccc(/C(C)=N/NC(=S)Nc2ccccc2)n1. The number of nitrogens with one attached hydrogen (secondary N) is 3. The van der Waals surface area contributed by atoms with Gasteiger partial charge in [-0.3, -0.25) is 10.9 Å². The van der Waals surface area contributed by atoms with Crippen molar-refractivity contribution in [2.75, 3.05) is 5.32 Å². The number of pyridine rings is 1. The average Bonchev–Trinajstić information content (AvgIpc) is 2.65. The fourth-order valence-corrected chi connectivity index (χ4v) is 2.12. The van der Waals surface area contributed by atoms with Crippen molar-refractivity contribution in [2.24, 2.45) is 15.9 Å². The van der Waals surface area contributed by atoms with E-state index >= 15 is 0 Å². The lowest BCUT2D eigenvalue weighted by Crippen LogP contribution is -2.25. The molecule has 0 fully saturated rings. The number of nitrogens with zero attached hydrogens (tertiary/aromatic N) is 3. The van der Waals surface area contributed by atoms with Gasteiger partial charge >= 0.3 is 0 Å². The molecular weight excluding hydrogens is 366 g/mol. The van der Waals surface area contributed by atoms with E-state index in [1.165, 1.54) is 0 Å². The van der Waals surface area contributed by atoms with Gasteiger partial charge in [-0.15, -0.1) is 0 Å². The lowest BCUT2D eigenvalue weighted by atomic mass is 10.2. The van der Waals surface area contributed by atoms with Crippen LogP contribution in [0.15, 0.2) is 58.7 Å². The molecule has 1 aromatic heterocycles. The van der Waals surface area contributed by atoms with E-state index < -0.39 is 0 Å². The standard InChI is InChI=1S/C17H19N7S2/c1-11(21-23-16(18)25)14-9-6-10-15(20-14)12(2)22-24-17(26)19-13-7-4-3-5-8-13/h3-10H,1-2H3,(H3,18,23,25)(H2,19,24,26)/b21-11+,22-12+. The van der Waals surface area contributed by atoms with Crippen LogP contribution in [0.25, 0.3) is 0 Å². The molecule has 0 radical (unpaired) electrons. The molecule has 26 heavy (non-hydrogen) atoms. The number of aromatic nitrogens is 1. The number of thiocarbonyl (C=S) groups is 2. The summed E-state index contributed by atoms with van der Waals surface area (Å²) in [5.74, 6) is 0. The van der Waals surface area contributed by atoms with Gasteiger partial charge in [0, 0.05) is 5.69 Å². The molecular formula is C17H19N7S2. The molecule has 7 nitrogen and oxygen atoms in total. The van der Waals surface area contributed by atoms with Gasteiger partial charge < -0.3 is 11.1 Å². The van der Waals surface area contributed by atoms with E-state index in [0.717, 1.165) is 5.69 Å². The highest BCUT2D eigenvalue weighted by Crippen LogP contribution is 2.05. The normalized spacial score (nSPS) is 11.6. The van der Waals surface area contributed by atoms with Gasteiger partial charge in [-0.1, -0.05) is 24.3 Å². The highest BCUT2D eigenvalue weighted by Gasteiger charge is 2.05. The minimum Gasteiger partial charge on any atom is -0.375 e. The lowest BCUT2D eigenvalue weighted by molar-refractivity contribution is 1.02. The maximum Gasteiger partial charge on any atom is 0.191 e. The van der Waals surface area contributed by atoms with E-state index in [0.29, 0.717) is 27.9 Å². The molecule has 0 atom stereocenters. The average molecular weight is 386 g/mol. The molecule has 0 bridgehead atoms. The van der Waals surface area contributed by atoms with Crippen molar-refractivity contribution >= 4 is 51.8 Å². The fourth-order valence-electron chi connectivity index (χ4n) is 1.91. The van der Waals surface area contributed by atoms with Gasteiger partial charge in [0.05, 0.1) is 22.8 Å². The van der Waals surface area contributed by atoms with E-state index in [-0.39, 0.29) is 5.11 Å². The van der Waals surface area contributed by atoms with Crippen molar-refractivity contribution in [3.63, 3.8) is 0 Å². The molecule has 0 aliphatic rings. The Hall–Kier alpha value is -2.91. The molecule has 0 amide bonds. The summed E-state index contributed by atoms with van der Waals surface area (Å²) in [6.45, 7) is 3.64. The molecule has 5 N–H and O–H groups in total. The smallest absolute Gasteiger partial charge is 0.191 e. The number of anilines is 1. The Kier molecular flexibility index (Phi) is 7.12. The third kappa shape index (κ3) is 6.19. The second-order valence-corrected chi connectivity index (χ2v) is 6.06. The van der Waals surface area contributed by atoms with Gasteiger partial charge in [-0.25, -0.2) is 4.98 Å². The molecule has 0 unspecified atom stereocenters. The summed E-state index contributed by atoms with van der Waals surface area (Å²) in [5.41, 5.74) is 14.3. The molecule has 1 aromatic carbocycles. The van der Waals surface area contributed by atoms with Gasteiger partial charge in [0.25, 0.3) is 0 Å². The lowest BCUT2D eigenvalue weighted by Gasteiger charge is -2.08. The number of nitrogens with two attached hydrogens (primary N) is 1. The van der Waals surface area contributed by atoms with E-state index in [2.05, 4.69) is 31.4 Å². The van der Waals surface area contributed by atoms with Crippen LogP contribution in [-0.4, -0.2) is 26.6 Å². The van der Waals surface area contributed by atoms with Gasteiger partial charge in [0.15, 0.2) is 10.2 Å². The van der Waals surface area contributed by atoms with Crippen LogP contribution >= 0.6 is 24.4 Å². The van der Waals surface area contributed by atoms with E-state index in [1.54, 1.807) is 6.92 Å². The van der Waals surface area contributed by atoms with Crippen LogP contribution in [0.1, 0.15) is 25.2 Å². The summed E-state index contributed by atoms with van der Waals surface area (Å²) < 4.78 is 0. The van der Waals surface area contributed by atoms with Crippen LogP contribution in [0.2, 0.25) is 0 Å². The first kappa shape index (κ1) is 19.4. The second-order valence-electron chi connectivity index (χ2n) is 5.21. The summed E-state index contributed by atoms with van der Waals surface area (Å²) in [4.78, 5) is 4.52. The summed E-state index contributed by atoms with van der Waals surface area (Å²) in [5, 5.41) is 11.9. The first-order valence-corrected chi connectivity index (χ1v) is 8.51. The van der Waals surface area contributed by atoms with Crippen LogP contribution in [0.5, 0.6) is 0 Å². The number of benzene rings is 1. The topological polar surface area (TPSA) is 99.7 Å². The van der Waals surface area contributed by atoms with Crippen LogP contribution in [0.4, 0.5) is 5.69 Å². The zero-order chi connectivity index (χ0) is 18.9. The third-order valence-electron chi connectivity index (χ3n) is 3.18. The van der Waals surface area contributed by atoms with Crippen molar-refractivity contribution in [1.29, 1.82) is 0 Å². The van der Waals surface area contributed by atoms with Crippen LogP contribution in [0.3, 0.4) is 0 Å². The highest BCUT2D eigenvalue weighted by molar-refractivity contribution is 7.80. The molecule has 0 aliphatic carbocycles. The number of para-hydroxylation sites is 1. The third-order valence-corrected chi connectivity index (χ3v) is 3.47. The predicted octanol–water partition coefficient (Wildman–Crippen LogP) is 2.35. The summed E-state index contributed by atoms with van der Waals surface area (Å²) in [6.07, 6.45) is 0. The maximum absolute atomic E-state index is 5.37. The molecule has 0 aliphatic heterocycles. The summed E-state index contributed by atoms with van der Waals surface area (Å²) in [6, 6.07) is 15.2. The predicted molar refractivity (Wildman–Crippen MR) is 114 cm³/mol. The van der Waals surface area contributed by atoms with E-state index in [1.807, 2.05) is 55.5 Å². The van der Waals surface area contributed by atoms with Gasteiger partial charge in [-0.05, 0) is 62.5 Å². The Labute approximate surface area is 162 Å². The number of hydrogen-bond acceptors (Lipinski definition) is 5. The zero-order valence-corrected chi connectivity index (χ0v) is 16.0. The van der Waals surface area contributed by atoms with Crippen molar-refractivity contribution < 1.29 is 0 Å². The largest absolute Gasteiger partial charge is 0.375 e. The molecule has 9 heteroatoms. The quantitative estimate of drug-likeness (QED) is 0.356. The molecule has 0 spiro atoms. The Morgan fingerprint density at radius 1 is 0.885 bits per heavy atom. The van der Waals surface area contributed by atoms with Crippen molar-refractivity contribution in [3.05, 3.63) is 59.9 Å². The fraction of sp³-hybridized carbons (Fsp3) is 0.118. The molecule has 2 aromatic rings. The molecule has 2 rings (SSSR count). The molecule has 0 saturated carbocycles. The van der Waals surface area contributed by atoms with Crippen molar-refractivity contribution in [1.82, 2.24) is 15.8 Å². The van der Waals surface area contributed by atoms with Gasteiger partial charge in [0.2, 0.25) is 0 Å². The maximum atomic E-state index is 5.37. The Bertz CT molecular complexity index is 847. The first-order chi connectivity index (χ1) is 12.5. The minimum absolute atomic E-state index is 0.0990. The summed E-state index contributed by atoms with van der Waals surface area (Å²) in [7, 11) is 0. The monoisotopic (exact) mass is 385 g/mol. The van der Waals surface area contributed by atoms with E-state index in [4.69, 9.17) is 30.2 Å². The van der Waals surface area contributed by atoms with Gasteiger partial charge in [0.1, 0.15) is 0 Å². The Morgan fingerprint density at radius 2 is 1.46 bits per heavy atom. The zero-order valence-electron chi connectivity index (χ0n) is 14.4. The molecule has 134 valence electrons. The second kappa shape index (κ2) is 9.54. The number of rotatable bonds is 5. The first-order valence-electron chi connectivity index (χ1n) is 7.69. The van der Waals surface area contributed by atoms with Gasteiger partial charge in [-0.2, -0.15) is 10.2 Å². The van der Waals surface area contributed by atoms with Crippen LogP contribution in [-0.2, 0) is 0 Å².